The molecule has 1 spiro atoms. The number of hydrogen-bond acceptors (Lipinski definition) is 5. The Bertz CT molecular complexity index is 477. The van der Waals surface area contributed by atoms with E-state index in [0.717, 1.165) is 25.1 Å². The van der Waals surface area contributed by atoms with Gasteiger partial charge in [0.2, 0.25) is 0 Å². The largest absolute Gasteiger partial charge is 0.364 e. The number of piperidine rings is 1. The predicted molar refractivity (Wildman–Crippen MR) is 65.0 cm³/mol. The molecule has 0 saturated carbocycles. The van der Waals surface area contributed by atoms with Crippen LogP contribution in [0.2, 0.25) is 0 Å². The second kappa shape index (κ2) is 4.56. The van der Waals surface area contributed by atoms with Gasteiger partial charge in [-0.3, -0.25) is 0 Å². The summed E-state index contributed by atoms with van der Waals surface area (Å²) in [6.45, 7) is 2.90. The first kappa shape index (κ1) is 11.5. The first-order chi connectivity index (χ1) is 8.83. The van der Waals surface area contributed by atoms with Gasteiger partial charge in [0.15, 0.2) is 11.5 Å². The van der Waals surface area contributed by atoms with Crippen molar-refractivity contribution in [2.45, 2.75) is 18.6 Å². The second-order valence-corrected chi connectivity index (χ2v) is 4.62. The molecule has 0 aromatic carbocycles. The van der Waals surface area contributed by atoms with Crippen molar-refractivity contribution < 1.29 is 9.47 Å². The highest BCUT2D eigenvalue weighted by Gasteiger charge is 2.41. The Morgan fingerprint density at radius 1 is 1.39 bits per heavy atom. The number of hydrogen-bond donors (Lipinski definition) is 0. The maximum atomic E-state index is 9.10. The minimum atomic E-state index is -0.471. The molecule has 2 saturated heterocycles. The van der Waals surface area contributed by atoms with E-state index in [-0.39, 0.29) is 0 Å². The van der Waals surface area contributed by atoms with Gasteiger partial charge in [0.05, 0.1) is 25.4 Å². The minimum absolute atomic E-state index is 0.465. The van der Waals surface area contributed by atoms with Crippen molar-refractivity contribution in [1.82, 2.24) is 4.98 Å². The highest BCUT2D eigenvalue weighted by molar-refractivity contribution is 5.56. The van der Waals surface area contributed by atoms with E-state index >= 15 is 0 Å². The third kappa shape index (κ3) is 1.94. The van der Waals surface area contributed by atoms with Crippen LogP contribution in [0, 0.1) is 11.3 Å². The standard InChI is InChI=1S/C13H15N3O2/c14-9-11-12(3-1-5-15-11)16-6-2-4-13(10-16)17-7-8-18-13/h1,3,5H,2,4,6-8,10H2. The van der Waals surface area contributed by atoms with Crippen molar-refractivity contribution in [3.05, 3.63) is 24.0 Å². The molecule has 3 rings (SSSR count). The zero-order valence-electron chi connectivity index (χ0n) is 10.1. The SMILES string of the molecule is N#Cc1ncccc1N1CCCC2(C1)OCCO2. The summed E-state index contributed by atoms with van der Waals surface area (Å²) in [5.74, 6) is -0.471. The first-order valence-electron chi connectivity index (χ1n) is 6.21. The third-order valence-electron chi connectivity index (χ3n) is 3.46. The molecule has 0 radical (unpaired) electrons. The number of pyridine rings is 1. The Balaban J connectivity index is 1.86. The molecule has 1 aromatic heterocycles. The average Bonchev–Trinajstić information content (AvgIpc) is 2.86. The van der Waals surface area contributed by atoms with Crippen LogP contribution in [-0.2, 0) is 9.47 Å². The molecular weight excluding hydrogens is 230 g/mol. The third-order valence-corrected chi connectivity index (χ3v) is 3.46. The van der Waals surface area contributed by atoms with Gasteiger partial charge in [-0.25, -0.2) is 4.98 Å². The Labute approximate surface area is 106 Å². The van der Waals surface area contributed by atoms with Gasteiger partial charge in [0.25, 0.3) is 0 Å². The van der Waals surface area contributed by atoms with Crippen LogP contribution in [-0.4, -0.2) is 37.1 Å². The number of aromatic nitrogens is 1. The fraction of sp³-hybridized carbons (Fsp3) is 0.538. The molecular formula is C13H15N3O2. The van der Waals surface area contributed by atoms with Gasteiger partial charge in [-0.1, -0.05) is 0 Å². The highest BCUT2D eigenvalue weighted by Crippen LogP contribution is 2.33. The molecule has 2 aliphatic rings. The monoisotopic (exact) mass is 245 g/mol. The normalized spacial score (nSPS) is 22.1. The van der Waals surface area contributed by atoms with Gasteiger partial charge in [-0.05, 0) is 18.6 Å². The highest BCUT2D eigenvalue weighted by atomic mass is 16.7. The fourth-order valence-corrected chi connectivity index (χ4v) is 2.66. The molecule has 1 aromatic rings. The van der Waals surface area contributed by atoms with E-state index in [1.54, 1.807) is 6.20 Å². The summed E-state index contributed by atoms with van der Waals surface area (Å²) in [5.41, 5.74) is 1.34. The maximum absolute atomic E-state index is 9.10. The van der Waals surface area contributed by atoms with E-state index in [1.165, 1.54) is 0 Å². The minimum Gasteiger partial charge on any atom is -0.364 e. The lowest BCUT2D eigenvalue weighted by atomic mass is 10.0. The lowest BCUT2D eigenvalue weighted by Gasteiger charge is -2.39. The van der Waals surface area contributed by atoms with Crippen molar-refractivity contribution in [3.63, 3.8) is 0 Å². The van der Waals surface area contributed by atoms with Gasteiger partial charge >= 0.3 is 0 Å². The van der Waals surface area contributed by atoms with Crippen LogP contribution < -0.4 is 4.90 Å². The zero-order valence-corrected chi connectivity index (χ0v) is 10.1. The van der Waals surface area contributed by atoms with Crippen LogP contribution in [0.15, 0.2) is 18.3 Å². The van der Waals surface area contributed by atoms with E-state index < -0.39 is 5.79 Å². The summed E-state index contributed by atoms with van der Waals surface area (Å²) in [6.07, 6.45) is 3.57. The van der Waals surface area contributed by atoms with Crippen LogP contribution in [0.1, 0.15) is 18.5 Å². The Kier molecular flexibility index (Phi) is 2.90. The maximum Gasteiger partial charge on any atom is 0.186 e. The number of ether oxygens (including phenoxy) is 2. The number of rotatable bonds is 1. The van der Waals surface area contributed by atoms with Crippen LogP contribution >= 0.6 is 0 Å². The van der Waals surface area contributed by atoms with Crippen LogP contribution in [0.25, 0.3) is 0 Å². The van der Waals surface area contributed by atoms with E-state index in [4.69, 9.17) is 14.7 Å². The summed E-state index contributed by atoms with van der Waals surface area (Å²) in [4.78, 5) is 6.24. The summed E-state index contributed by atoms with van der Waals surface area (Å²) in [6, 6.07) is 5.92. The molecule has 5 heteroatoms. The summed E-state index contributed by atoms with van der Waals surface area (Å²) < 4.78 is 11.5. The van der Waals surface area contributed by atoms with Gasteiger partial charge in [0.1, 0.15) is 6.07 Å². The van der Waals surface area contributed by atoms with Gasteiger partial charge in [-0.15, -0.1) is 0 Å². The van der Waals surface area contributed by atoms with E-state index in [0.29, 0.717) is 25.5 Å². The van der Waals surface area contributed by atoms with Gasteiger partial charge in [0, 0.05) is 19.2 Å². The molecule has 2 aliphatic heterocycles. The topological polar surface area (TPSA) is 58.4 Å². The van der Waals surface area contributed by atoms with Crippen LogP contribution in [0.4, 0.5) is 5.69 Å². The van der Waals surface area contributed by atoms with Gasteiger partial charge < -0.3 is 14.4 Å². The lowest BCUT2D eigenvalue weighted by molar-refractivity contribution is -0.161. The van der Waals surface area contributed by atoms with Crippen LogP contribution in [0.5, 0.6) is 0 Å². The Morgan fingerprint density at radius 2 is 2.22 bits per heavy atom. The molecule has 5 nitrogen and oxygen atoms in total. The lowest BCUT2D eigenvalue weighted by Crippen LogP contribution is -2.49. The number of nitriles is 1. The Morgan fingerprint density at radius 3 is 3.00 bits per heavy atom. The second-order valence-electron chi connectivity index (χ2n) is 4.62. The van der Waals surface area contributed by atoms with Crippen molar-refractivity contribution in [2.75, 3.05) is 31.2 Å². The fourth-order valence-electron chi connectivity index (χ4n) is 2.66. The molecule has 0 N–H and O–H groups in total. The predicted octanol–water partition coefficient (Wildman–Crippen LogP) is 1.30. The van der Waals surface area contributed by atoms with E-state index in [2.05, 4.69) is 16.0 Å². The molecule has 94 valence electrons. The molecule has 0 bridgehead atoms. The number of anilines is 1. The molecule has 3 heterocycles. The van der Waals surface area contributed by atoms with E-state index in [1.807, 2.05) is 12.1 Å². The van der Waals surface area contributed by atoms with Crippen molar-refractivity contribution in [2.24, 2.45) is 0 Å². The quantitative estimate of drug-likeness (QED) is 0.746. The van der Waals surface area contributed by atoms with Crippen molar-refractivity contribution >= 4 is 5.69 Å². The van der Waals surface area contributed by atoms with Crippen molar-refractivity contribution in [3.8, 4) is 6.07 Å². The molecule has 0 unspecified atom stereocenters. The molecule has 0 amide bonds. The smallest absolute Gasteiger partial charge is 0.186 e. The van der Waals surface area contributed by atoms with Gasteiger partial charge in [-0.2, -0.15) is 5.26 Å². The molecule has 0 aliphatic carbocycles. The summed E-state index contributed by atoms with van der Waals surface area (Å²) in [5, 5.41) is 9.10. The van der Waals surface area contributed by atoms with E-state index in [9.17, 15) is 0 Å². The summed E-state index contributed by atoms with van der Waals surface area (Å²) in [7, 11) is 0. The number of nitrogens with zero attached hydrogens (tertiary/aromatic N) is 3. The van der Waals surface area contributed by atoms with Crippen molar-refractivity contribution in [1.29, 1.82) is 5.26 Å². The summed E-state index contributed by atoms with van der Waals surface area (Å²) >= 11 is 0. The average molecular weight is 245 g/mol. The molecule has 18 heavy (non-hydrogen) atoms. The zero-order chi connectivity index (χ0) is 12.4. The van der Waals surface area contributed by atoms with Crippen LogP contribution in [0.3, 0.4) is 0 Å². The Hall–Kier alpha value is -1.64. The molecule has 0 atom stereocenters. The first-order valence-corrected chi connectivity index (χ1v) is 6.21. The molecule has 2 fully saturated rings.